The first kappa shape index (κ1) is 16.4. The Bertz CT molecular complexity index is 667. The van der Waals surface area contributed by atoms with Crippen LogP contribution in [0.5, 0.6) is 0 Å². The molecule has 0 amide bonds. The van der Waals surface area contributed by atoms with Crippen molar-refractivity contribution in [1.29, 1.82) is 0 Å². The van der Waals surface area contributed by atoms with E-state index in [0.29, 0.717) is 29.3 Å². The first-order valence-corrected chi connectivity index (χ1v) is 9.12. The number of nitro groups is 1. The van der Waals surface area contributed by atoms with Gasteiger partial charge in [-0.3, -0.25) is 10.1 Å². The van der Waals surface area contributed by atoms with Crippen LogP contribution in [0.15, 0.2) is 23.7 Å². The molecule has 2 aliphatic rings. The predicted molar refractivity (Wildman–Crippen MR) is 93.2 cm³/mol. The molecule has 0 aromatic carbocycles. The first-order valence-electron chi connectivity index (χ1n) is 7.69. The fourth-order valence-corrected chi connectivity index (χ4v) is 4.41. The van der Waals surface area contributed by atoms with E-state index in [-0.39, 0.29) is 10.6 Å². The summed E-state index contributed by atoms with van der Waals surface area (Å²) in [4.78, 5) is 19.8. The van der Waals surface area contributed by atoms with Gasteiger partial charge in [0.05, 0.1) is 10.3 Å². The standard InChI is InChI=1S/C15H19ClN4O2S/c1-3-23-13-7-5-11(20(21)22)15-18(13)8-9-19(15)14-10(2)4-6-12(16)17-14/h4,6,13H,3,5,7-9H2,1-2H3. The van der Waals surface area contributed by atoms with Crippen LogP contribution in [0.4, 0.5) is 5.82 Å². The third-order valence-electron chi connectivity index (χ3n) is 4.20. The molecular formula is C15H19ClN4O2S. The van der Waals surface area contributed by atoms with Crippen LogP contribution in [0.1, 0.15) is 25.3 Å². The molecule has 1 aromatic rings. The van der Waals surface area contributed by atoms with Gasteiger partial charge < -0.3 is 9.80 Å². The molecule has 0 saturated carbocycles. The highest BCUT2D eigenvalue weighted by Gasteiger charge is 2.42. The van der Waals surface area contributed by atoms with Gasteiger partial charge in [0.15, 0.2) is 5.82 Å². The van der Waals surface area contributed by atoms with Crippen LogP contribution in [0.25, 0.3) is 0 Å². The van der Waals surface area contributed by atoms with E-state index >= 15 is 0 Å². The van der Waals surface area contributed by atoms with Crippen LogP contribution in [0.3, 0.4) is 0 Å². The minimum atomic E-state index is -0.243. The van der Waals surface area contributed by atoms with E-state index in [2.05, 4.69) is 16.8 Å². The quantitative estimate of drug-likeness (QED) is 0.468. The van der Waals surface area contributed by atoms with Crippen molar-refractivity contribution in [3.8, 4) is 0 Å². The van der Waals surface area contributed by atoms with Gasteiger partial charge in [-0.05, 0) is 30.7 Å². The van der Waals surface area contributed by atoms with Crippen molar-refractivity contribution in [3.05, 3.63) is 44.5 Å². The van der Waals surface area contributed by atoms with Crippen molar-refractivity contribution >= 4 is 29.2 Å². The Balaban J connectivity index is 2.06. The lowest BCUT2D eigenvalue weighted by atomic mass is 10.1. The second-order valence-electron chi connectivity index (χ2n) is 5.60. The molecule has 1 aromatic heterocycles. The summed E-state index contributed by atoms with van der Waals surface area (Å²) in [5, 5.41) is 12.2. The molecule has 124 valence electrons. The summed E-state index contributed by atoms with van der Waals surface area (Å²) >= 11 is 7.89. The molecule has 3 heterocycles. The number of rotatable bonds is 4. The van der Waals surface area contributed by atoms with Gasteiger partial charge >= 0.3 is 0 Å². The minimum absolute atomic E-state index is 0.243. The van der Waals surface area contributed by atoms with E-state index in [1.807, 2.05) is 29.7 Å². The molecule has 1 saturated heterocycles. The Morgan fingerprint density at radius 3 is 2.96 bits per heavy atom. The highest BCUT2D eigenvalue weighted by molar-refractivity contribution is 7.99. The SMILES string of the molecule is CCSC1CCC([N+](=O)[O-])=C2N(c3nc(Cl)ccc3C)CCN21. The average molecular weight is 355 g/mol. The number of halogens is 1. The summed E-state index contributed by atoms with van der Waals surface area (Å²) in [6.45, 7) is 5.54. The molecule has 0 radical (unpaired) electrons. The zero-order valence-corrected chi connectivity index (χ0v) is 14.7. The minimum Gasteiger partial charge on any atom is -0.339 e. The number of nitrogens with zero attached hydrogens (tertiary/aromatic N) is 4. The number of hydrogen-bond donors (Lipinski definition) is 0. The molecule has 1 unspecified atom stereocenters. The molecule has 6 nitrogen and oxygen atoms in total. The molecule has 0 spiro atoms. The van der Waals surface area contributed by atoms with E-state index in [0.717, 1.165) is 30.1 Å². The van der Waals surface area contributed by atoms with Gasteiger partial charge in [0, 0.05) is 19.5 Å². The second-order valence-corrected chi connectivity index (χ2v) is 7.44. The number of hydrogen-bond acceptors (Lipinski definition) is 6. The molecule has 1 atom stereocenters. The molecule has 0 N–H and O–H groups in total. The molecule has 23 heavy (non-hydrogen) atoms. The lowest BCUT2D eigenvalue weighted by Crippen LogP contribution is -2.37. The van der Waals surface area contributed by atoms with Crippen LogP contribution in [0.2, 0.25) is 5.15 Å². The monoisotopic (exact) mass is 354 g/mol. The highest BCUT2D eigenvalue weighted by atomic mass is 35.5. The molecule has 0 aliphatic carbocycles. The highest BCUT2D eigenvalue weighted by Crippen LogP contribution is 2.40. The lowest BCUT2D eigenvalue weighted by molar-refractivity contribution is -0.431. The molecular weight excluding hydrogens is 336 g/mol. The average Bonchev–Trinajstić information content (AvgIpc) is 2.95. The maximum atomic E-state index is 11.5. The molecule has 2 aliphatic heterocycles. The topological polar surface area (TPSA) is 62.5 Å². The summed E-state index contributed by atoms with van der Waals surface area (Å²) in [7, 11) is 0. The molecule has 1 fully saturated rings. The van der Waals surface area contributed by atoms with Crippen molar-refractivity contribution in [3.63, 3.8) is 0 Å². The lowest BCUT2D eigenvalue weighted by Gasteiger charge is -2.34. The first-order chi connectivity index (χ1) is 11.0. The van der Waals surface area contributed by atoms with Crippen LogP contribution in [-0.4, -0.2) is 39.0 Å². The zero-order chi connectivity index (χ0) is 16.6. The van der Waals surface area contributed by atoms with Crippen LogP contribution < -0.4 is 4.90 Å². The zero-order valence-electron chi connectivity index (χ0n) is 13.2. The Morgan fingerprint density at radius 1 is 1.48 bits per heavy atom. The van der Waals surface area contributed by atoms with Crippen LogP contribution in [-0.2, 0) is 0 Å². The maximum Gasteiger partial charge on any atom is 0.286 e. The number of fused-ring (bicyclic) bond motifs is 1. The van der Waals surface area contributed by atoms with Crippen molar-refractivity contribution < 1.29 is 4.92 Å². The van der Waals surface area contributed by atoms with Gasteiger partial charge in [0.2, 0.25) is 0 Å². The van der Waals surface area contributed by atoms with Crippen molar-refractivity contribution in [1.82, 2.24) is 9.88 Å². The smallest absolute Gasteiger partial charge is 0.286 e. The van der Waals surface area contributed by atoms with E-state index in [1.54, 1.807) is 6.07 Å². The summed E-state index contributed by atoms with van der Waals surface area (Å²) in [6.07, 6.45) is 1.31. The summed E-state index contributed by atoms with van der Waals surface area (Å²) in [5.41, 5.74) is 1.26. The van der Waals surface area contributed by atoms with E-state index in [4.69, 9.17) is 11.6 Å². The number of thioether (sulfide) groups is 1. The fourth-order valence-electron chi connectivity index (χ4n) is 3.22. The Hall–Kier alpha value is -1.47. The maximum absolute atomic E-state index is 11.5. The second kappa shape index (κ2) is 6.57. The normalized spacial score (nSPS) is 20.9. The van der Waals surface area contributed by atoms with E-state index < -0.39 is 0 Å². The fraction of sp³-hybridized carbons (Fsp3) is 0.533. The number of allylic oxidation sites excluding steroid dienone is 1. The third kappa shape index (κ3) is 2.99. The molecule has 0 bridgehead atoms. The van der Waals surface area contributed by atoms with Crippen LogP contribution >= 0.6 is 23.4 Å². The summed E-state index contributed by atoms with van der Waals surface area (Å²) in [5.74, 6) is 2.41. The number of pyridine rings is 1. The number of aromatic nitrogens is 1. The third-order valence-corrected chi connectivity index (χ3v) is 5.62. The number of anilines is 1. The van der Waals surface area contributed by atoms with Gasteiger partial charge in [-0.15, -0.1) is 11.8 Å². The van der Waals surface area contributed by atoms with E-state index in [9.17, 15) is 10.1 Å². The Morgan fingerprint density at radius 2 is 2.26 bits per heavy atom. The Labute approximate surface area is 144 Å². The van der Waals surface area contributed by atoms with Gasteiger partial charge in [0.1, 0.15) is 11.0 Å². The van der Waals surface area contributed by atoms with E-state index in [1.165, 1.54) is 0 Å². The summed E-state index contributed by atoms with van der Waals surface area (Å²) < 4.78 is 0. The molecule has 8 heteroatoms. The van der Waals surface area contributed by atoms with Crippen LogP contribution in [0, 0.1) is 17.0 Å². The molecule has 3 rings (SSSR count). The van der Waals surface area contributed by atoms with Crippen molar-refractivity contribution in [2.24, 2.45) is 0 Å². The van der Waals surface area contributed by atoms with Gasteiger partial charge in [-0.2, -0.15) is 0 Å². The number of aryl methyl sites for hydroxylation is 1. The van der Waals surface area contributed by atoms with Gasteiger partial charge in [-0.25, -0.2) is 4.98 Å². The predicted octanol–water partition coefficient (Wildman–Crippen LogP) is 3.48. The largest absolute Gasteiger partial charge is 0.339 e. The summed E-state index contributed by atoms with van der Waals surface area (Å²) in [6, 6.07) is 3.65. The van der Waals surface area contributed by atoms with Crippen molar-refractivity contribution in [2.45, 2.75) is 32.1 Å². The van der Waals surface area contributed by atoms with Crippen molar-refractivity contribution in [2.75, 3.05) is 23.7 Å². The van der Waals surface area contributed by atoms with Gasteiger partial charge in [0.25, 0.3) is 5.70 Å². The van der Waals surface area contributed by atoms with Gasteiger partial charge in [-0.1, -0.05) is 24.6 Å². The Kier molecular flexibility index (Phi) is 4.68.